The molecule has 1 aromatic carbocycles. The van der Waals surface area contributed by atoms with Gasteiger partial charge in [0.05, 0.1) is 6.04 Å². The maximum atomic E-state index is 12.7. The molecule has 124 valence electrons. The minimum atomic E-state index is -0.774. The summed E-state index contributed by atoms with van der Waals surface area (Å²) >= 11 is 0. The highest BCUT2D eigenvalue weighted by atomic mass is 16.6. The first-order valence-corrected chi connectivity index (χ1v) is 7.81. The highest BCUT2D eigenvalue weighted by Gasteiger charge is 2.34. The number of imide groups is 1. The maximum absolute atomic E-state index is 12.7. The highest BCUT2D eigenvalue weighted by molar-refractivity contribution is 6.13. The van der Waals surface area contributed by atoms with Crippen molar-refractivity contribution in [3.63, 3.8) is 0 Å². The second-order valence-electron chi connectivity index (χ2n) is 5.41. The van der Waals surface area contributed by atoms with Gasteiger partial charge in [0.2, 0.25) is 5.95 Å². The molecular weight excluding hydrogens is 308 g/mol. The maximum Gasteiger partial charge on any atom is 0.424 e. The fourth-order valence-electron chi connectivity index (χ4n) is 2.51. The summed E-state index contributed by atoms with van der Waals surface area (Å²) in [7, 11) is 0. The van der Waals surface area contributed by atoms with E-state index in [9.17, 15) is 9.59 Å². The standard InChI is InChI=1S/C17H18N4O3/c22-15(14-8-4-9-18-14)21(16-19-10-5-11-20-16)17(23)24-12-13-6-2-1-3-7-13/h1-3,5-7,10-11,14,18H,4,8-9,12H2/t14-/m0/s1. The molecule has 1 fully saturated rings. The van der Waals surface area contributed by atoms with Gasteiger partial charge in [-0.2, -0.15) is 4.90 Å². The van der Waals surface area contributed by atoms with Gasteiger partial charge in [0.1, 0.15) is 6.61 Å². The largest absolute Gasteiger partial charge is 0.444 e. The zero-order valence-electron chi connectivity index (χ0n) is 13.1. The van der Waals surface area contributed by atoms with Crippen LogP contribution in [0.4, 0.5) is 10.7 Å². The third-order valence-corrected chi connectivity index (χ3v) is 3.72. The average molecular weight is 326 g/mol. The summed E-state index contributed by atoms with van der Waals surface area (Å²) in [4.78, 5) is 34.1. The Bertz CT molecular complexity index is 687. The number of hydrogen-bond donors (Lipinski definition) is 1. The molecule has 1 N–H and O–H groups in total. The minimum absolute atomic E-state index is 0.0225. The Morgan fingerprint density at radius 3 is 2.58 bits per heavy atom. The van der Waals surface area contributed by atoms with Gasteiger partial charge in [-0.05, 0) is 31.0 Å². The van der Waals surface area contributed by atoms with Crippen molar-refractivity contribution in [1.82, 2.24) is 15.3 Å². The van der Waals surface area contributed by atoms with Crippen LogP contribution in [0.1, 0.15) is 18.4 Å². The van der Waals surface area contributed by atoms with Gasteiger partial charge in [0, 0.05) is 12.4 Å². The van der Waals surface area contributed by atoms with E-state index < -0.39 is 18.0 Å². The zero-order valence-corrected chi connectivity index (χ0v) is 13.1. The van der Waals surface area contributed by atoms with Crippen molar-refractivity contribution in [1.29, 1.82) is 0 Å². The average Bonchev–Trinajstić information content (AvgIpc) is 3.17. The van der Waals surface area contributed by atoms with E-state index in [1.807, 2.05) is 30.3 Å². The van der Waals surface area contributed by atoms with Crippen LogP contribution >= 0.6 is 0 Å². The third kappa shape index (κ3) is 3.75. The number of amides is 2. The number of carbonyl (C=O) groups excluding carboxylic acids is 2. The molecule has 0 bridgehead atoms. The quantitative estimate of drug-likeness (QED) is 0.924. The molecule has 24 heavy (non-hydrogen) atoms. The fourth-order valence-corrected chi connectivity index (χ4v) is 2.51. The van der Waals surface area contributed by atoms with Gasteiger partial charge >= 0.3 is 6.09 Å². The van der Waals surface area contributed by atoms with Crippen molar-refractivity contribution in [2.24, 2.45) is 0 Å². The van der Waals surface area contributed by atoms with Crippen LogP contribution in [0.25, 0.3) is 0 Å². The van der Waals surface area contributed by atoms with Crippen LogP contribution in [-0.4, -0.2) is 34.6 Å². The van der Waals surface area contributed by atoms with Crippen molar-refractivity contribution in [3.8, 4) is 0 Å². The van der Waals surface area contributed by atoms with Gasteiger partial charge in [0.15, 0.2) is 0 Å². The van der Waals surface area contributed by atoms with E-state index in [1.165, 1.54) is 12.4 Å². The highest BCUT2D eigenvalue weighted by Crippen LogP contribution is 2.15. The molecular formula is C17H18N4O3. The van der Waals surface area contributed by atoms with Crippen molar-refractivity contribution in [2.75, 3.05) is 11.4 Å². The Labute approximate surface area is 139 Å². The number of rotatable bonds is 4. The van der Waals surface area contributed by atoms with Crippen molar-refractivity contribution in [2.45, 2.75) is 25.5 Å². The van der Waals surface area contributed by atoms with Crippen LogP contribution in [0.2, 0.25) is 0 Å². The third-order valence-electron chi connectivity index (χ3n) is 3.72. The number of nitrogens with one attached hydrogen (secondary N) is 1. The molecule has 1 aromatic heterocycles. The lowest BCUT2D eigenvalue weighted by Gasteiger charge is -2.21. The molecule has 1 aliphatic heterocycles. The molecule has 1 saturated heterocycles. The molecule has 0 radical (unpaired) electrons. The minimum Gasteiger partial charge on any atom is -0.444 e. The van der Waals surface area contributed by atoms with E-state index in [-0.39, 0.29) is 12.6 Å². The van der Waals surface area contributed by atoms with Gasteiger partial charge < -0.3 is 10.1 Å². The van der Waals surface area contributed by atoms with Gasteiger partial charge in [0.25, 0.3) is 5.91 Å². The lowest BCUT2D eigenvalue weighted by Crippen LogP contribution is -2.47. The molecule has 0 unspecified atom stereocenters. The Morgan fingerprint density at radius 2 is 1.92 bits per heavy atom. The summed E-state index contributed by atoms with van der Waals surface area (Å²) in [6, 6.07) is 10.5. The van der Waals surface area contributed by atoms with Gasteiger partial charge in [-0.3, -0.25) is 4.79 Å². The normalized spacial score (nSPS) is 16.6. The molecule has 7 heteroatoms. The van der Waals surface area contributed by atoms with Crippen LogP contribution in [0.5, 0.6) is 0 Å². The zero-order chi connectivity index (χ0) is 16.8. The Hall–Kier alpha value is -2.80. The van der Waals surface area contributed by atoms with E-state index in [4.69, 9.17) is 4.74 Å². The number of ether oxygens (including phenoxy) is 1. The molecule has 1 aliphatic rings. The lowest BCUT2D eigenvalue weighted by molar-refractivity contribution is -0.119. The monoisotopic (exact) mass is 326 g/mol. The topological polar surface area (TPSA) is 84.4 Å². The van der Waals surface area contributed by atoms with E-state index in [0.29, 0.717) is 6.42 Å². The lowest BCUT2D eigenvalue weighted by atomic mass is 10.2. The molecule has 3 rings (SSSR count). The second kappa shape index (κ2) is 7.65. The predicted octanol–water partition coefficient (Wildman–Crippen LogP) is 1.90. The number of hydrogen-bond acceptors (Lipinski definition) is 6. The SMILES string of the molecule is O=C(OCc1ccccc1)N(C(=O)[C@@H]1CCCN1)c1ncccn1. The molecule has 0 saturated carbocycles. The summed E-state index contributed by atoms with van der Waals surface area (Å²) in [6.45, 7) is 0.827. The molecule has 2 heterocycles. The summed E-state index contributed by atoms with van der Waals surface area (Å²) in [5.41, 5.74) is 0.839. The van der Waals surface area contributed by atoms with Gasteiger partial charge in [-0.1, -0.05) is 30.3 Å². The Morgan fingerprint density at radius 1 is 1.17 bits per heavy atom. The summed E-state index contributed by atoms with van der Waals surface area (Å²) in [5.74, 6) is -0.369. The Balaban J connectivity index is 1.76. The number of nitrogens with zero attached hydrogens (tertiary/aromatic N) is 3. The first-order valence-electron chi connectivity index (χ1n) is 7.81. The van der Waals surface area contributed by atoms with E-state index in [1.54, 1.807) is 6.07 Å². The number of benzene rings is 1. The van der Waals surface area contributed by atoms with Gasteiger partial charge in [-0.15, -0.1) is 0 Å². The molecule has 2 amide bonds. The first-order chi connectivity index (χ1) is 11.8. The molecule has 0 spiro atoms. The van der Waals surface area contributed by atoms with Gasteiger partial charge in [-0.25, -0.2) is 14.8 Å². The smallest absolute Gasteiger partial charge is 0.424 e. The van der Waals surface area contributed by atoms with Crippen LogP contribution < -0.4 is 10.2 Å². The molecule has 7 nitrogen and oxygen atoms in total. The van der Waals surface area contributed by atoms with Crippen LogP contribution in [-0.2, 0) is 16.1 Å². The summed E-state index contributed by atoms with van der Waals surface area (Å²) < 4.78 is 5.28. The fraction of sp³-hybridized carbons (Fsp3) is 0.294. The van der Waals surface area contributed by atoms with Crippen LogP contribution in [0, 0.1) is 0 Å². The second-order valence-corrected chi connectivity index (χ2v) is 5.41. The van der Waals surface area contributed by atoms with Crippen molar-refractivity contribution >= 4 is 17.9 Å². The van der Waals surface area contributed by atoms with Crippen molar-refractivity contribution < 1.29 is 14.3 Å². The number of aromatic nitrogens is 2. The molecule has 1 atom stereocenters. The number of carbonyl (C=O) groups is 2. The first kappa shape index (κ1) is 16.1. The number of anilines is 1. The predicted molar refractivity (Wildman–Crippen MR) is 87.2 cm³/mol. The summed E-state index contributed by atoms with van der Waals surface area (Å²) in [5, 5.41) is 3.08. The van der Waals surface area contributed by atoms with Crippen LogP contribution in [0.3, 0.4) is 0 Å². The molecule has 0 aliphatic carbocycles. The van der Waals surface area contributed by atoms with E-state index >= 15 is 0 Å². The molecule has 2 aromatic rings. The Kier molecular flexibility index (Phi) is 5.12. The van der Waals surface area contributed by atoms with E-state index in [2.05, 4.69) is 15.3 Å². The van der Waals surface area contributed by atoms with E-state index in [0.717, 1.165) is 23.4 Å². The van der Waals surface area contributed by atoms with Crippen LogP contribution in [0.15, 0.2) is 48.8 Å². The van der Waals surface area contributed by atoms with Crippen molar-refractivity contribution in [3.05, 3.63) is 54.4 Å². The summed E-state index contributed by atoms with van der Waals surface area (Å²) in [6.07, 6.45) is 3.75.